The Hall–Kier alpha value is -2.03. The first-order chi connectivity index (χ1) is 10.3. The molecule has 0 aliphatic carbocycles. The highest BCUT2D eigenvalue weighted by Gasteiger charge is 2.67. The summed E-state index contributed by atoms with van der Waals surface area (Å²) < 4.78 is 40.4. The van der Waals surface area contributed by atoms with E-state index in [4.69, 9.17) is 0 Å². The first-order valence-electron chi connectivity index (χ1n) is 6.34. The molecule has 9 heteroatoms. The maximum Gasteiger partial charge on any atom is 0.442 e. The lowest BCUT2D eigenvalue weighted by Gasteiger charge is -2.28. The van der Waals surface area contributed by atoms with Crippen LogP contribution in [0.3, 0.4) is 0 Å². The lowest BCUT2D eigenvalue weighted by molar-refractivity contribution is -0.196. The number of carbonyl (C=O) groups excluding carboxylic acids is 2. The first kappa shape index (κ1) is 14.9. The van der Waals surface area contributed by atoms with Crippen molar-refractivity contribution in [1.82, 2.24) is 10.2 Å². The molecule has 1 saturated heterocycles. The summed E-state index contributed by atoms with van der Waals surface area (Å²) >= 11 is 1.06. The summed E-state index contributed by atoms with van der Waals surface area (Å²) in [4.78, 5) is 28.7. The van der Waals surface area contributed by atoms with Crippen LogP contribution in [-0.4, -0.2) is 46.0 Å². The van der Waals surface area contributed by atoms with Gasteiger partial charge >= 0.3 is 11.8 Å². The van der Waals surface area contributed by atoms with E-state index in [0.717, 1.165) is 16.7 Å². The van der Waals surface area contributed by atoms with Gasteiger partial charge in [-0.05, 0) is 12.1 Å². The number of aliphatic imine (C=N–C) groups is 1. The number of alkyl halides is 3. The molecule has 3 rings (SSSR count). The number of nitrogens with zero attached hydrogens (tertiary/aromatic N) is 2. The highest BCUT2D eigenvalue weighted by molar-refractivity contribution is 8.14. The second-order valence-electron chi connectivity index (χ2n) is 4.73. The van der Waals surface area contributed by atoms with Gasteiger partial charge in [0.15, 0.2) is 5.17 Å². The van der Waals surface area contributed by atoms with Gasteiger partial charge in [0.25, 0.3) is 11.8 Å². The van der Waals surface area contributed by atoms with Crippen molar-refractivity contribution in [2.75, 3.05) is 12.3 Å². The zero-order valence-corrected chi connectivity index (χ0v) is 11.9. The molecule has 2 aliphatic heterocycles. The van der Waals surface area contributed by atoms with Crippen molar-refractivity contribution in [3.05, 3.63) is 35.9 Å². The third kappa shape index (κ3) is 2.16. The molecule has 5 nitrogen and oxygen atoms in total. The van der Waals surface area contributed by atoms with Crippen molar-refractivity contribution < 1.29 is 22.8 Å². The van der Waals surface area contributed by atoms with E-state index >= 15 is 0 Å². The van der Waals surface area contributed by atoms with Gasteiger partial charge in [0.1, 0.15) is 0 Å². The van der Waals surface area contributed by atoms with E-state index in [1.54, 1.807) is 11.4 Å². The highest BCUT2D eigenvalue weighted by atomic mass is 32.2. The van der Waals surface area contributed by atoms with Crippen molar-refractivity contribution in [1.29, 1.82) is 0 Å². The fourth-order valence-electron chi connectivity index (χ4n) is 2.23. The van der Waals surface area contributed by atoms with E-state index in [0.29, 0.717) is 5.75 Å². The Morgan fingerprint density at radius 1 is 1.32 bits per heavy atom. The Labute approximate surface area is 127 Å². The van der Waals surface area contributed by atoms with Crippen molar-refractivity contribution in [2.45, 2.75) is 11.8 Å². The van der Waals surface area contributed by atoms with Gasteiger partial charge in [0.2, 0.25) is 0 Å². The fourth-order valence-corrected chi connectivity index (χ4v) is 3.22. The summed E-state index contributed by atoms with van der Waals surface area (Å²) in [7, 11) is 0. The Morgan fingerprint density at radius 3 is 2.59 bits per heavy atom. The number of hydrogen-bond donors (Lipinski definition) is 1. The van der Waals surface area contributed by atoms with Gasteiger partial charge in [-0.15, -0.1) is 0 Å². The highest BCUT2D eigenvalue weighted by Crippen LogP contribution is 2.40. The SMILES string of the molecule is O=C(N[C@]1(C(F)(F)F)N=C2SCCN2C1=O)c1ccccc1. The number of fused-ring (bicyclic) bond motifs is 1. The minimum atomic E-state index is -5.02. The monoisotopic (exact) mass is 329 g/mol. The Balaban J connectivity index is 1.97. The summed E-state index contributed by atoms with van der Waals surface area (Å²) in [6.45, 7) is 0.154. The van der Waals surface area contributed by atoms with Crippen LogP contribution in [0, 0.1) is 0 Å². The number of rotatable bonds is 2. The van der Waals surface area contributed by atoms with Gasteiger partial charge in [-0.25, -0.2) is 4.99 Å². The zero-order chi connectivity index (χ0) is 16.0. The topological polar surface area (TPSA) is 61.8 Å². The van der Waals surface area contributed by atoms with Crippen molar-refractivity contribution >= 4 is 28.7 Å². The van der Waals surface area contributed by atoms with E-state index in [2.05, 4.69) is 4.99 Å². The summed E-state index contributed by atoms with van der Waals surface area (Å²) in [5.41, 5.74) is -3.21. The number of halogens is 3. The van der Waals surface area contributed by atoms with Gasteiger partial charge in [0.05, 0.1) is 0 Å². The molecule has 0 radical (unpaired) electrons. The van der Waals surface area contributed by atoms with Crippen LogP contribution in [-0.2, 0) is 4.79 Å². The van der Waals surface area contributed by atoms with Gasteiger partial charge < -0.3 is 5.32 Å². The summed E-state index contributed by atoms with van der Waals surface area (Å²) in [5, 5.41) is 1.77. The van der Waals surface area contributed by atoms with Crippen molar-refractivity contribution in [2.24, 2.45) is 4.99 Å². The molecule has 2 heterocycles. The van der Waals surface area contributed by atoms with E-state index in [1.165, 1.54) is 24.3 Å². The number of carbonyl (C=O) groups is 2. The third-order valence-electron chi connectivity index (χ3n) is 3.34. The predicted molar refractivity (Wildman–Crippen MR) is 74.3 cm³/mol. The Bertz CT molecular complexity index is 662. The molecule has 0 bridgehead atoms. The lowest BCUT2D eigenvalue weighted by atomic mass is 10.1. The normalized spacial score (nSPS) is 24.2. The molecular weight excluding hydrogens is 319 g/mol. The molecule has 2 aliphatic rings. The molecule has 1 atom stereocenters. The molecule has 1 N–H and O–H groups in total. The number of nitrogens with one attached hydrogen (secondary N) is 1. The number of benzene rings is 1. The molecule has 0 saturated carbocycles. The molecule has 0 unspecified atom stereocenters. The van der Waals surface area contributed by atoms with Crippen molar-refractivity contribution in [3.63, 3.8) is 0 Å². The van der Waals surface area contributed by atoms with Crippen LogP contribution in [0.4, 0.5) is 13.2 Å². The summed E-state index contributed by atoms with van der Waals surface area (Å²) in [5.74, 6) is -1.77. The van der Waals surface area contributed by atoms with Crippen LogP contribution in [0.1, 0.15) is 10.4 Å². The fraction of sp³-hybridized carbons (Fsp3) is 0.308. The third-order valence-corrected chi connectivity index (χ3v) is 4.29. The molecule has 0 spiro atoms. The lowest BCUT2D eigenvalue weighted by Crippen LogP contribution is -2.63. The molecule has 1 aromatic carbocycles. The second kappa shape index (κ2) is 5.01. The molecule has 2 amide bonds. The minimum absolute atomic E-state index is 0.00399. The van der Waals surface area contributed by atoms with Crippen LogP contribution in [0.2, 0.25) is 0 Å². The van der Waals surface area contributed by atoms with Gasteiger partial charge in [-0.3, -0.25) is 14.5 Å². The number of thioether (sulfide) groups is 1. The molecule has 0 aromatic heterocycles. The quantitative estimate of drug-likeness (QED) is 0.897. The van der Waals surface area contributed by atoms with Gasteiger partial charge in [-0.1, -0.05) is 30.0 Å². The predicted octanol–water partition coefficient (Wildman–Crippen LogP) is 1.62. The van der Waals surface area contributed by atoms with Gasteiger partial charge in [-0.2, -0.15) is 13.2 Å². The number of amides is 2. The number of amidine groups is 1. The Kier molecular flexibility index (Phi) is 3.39. The molecule has 1 fully saturated rings. The van der Waals surface area contributed by atoms with Gasteiger partial charge in [0, 0.05) is 17.9 Å². The molecule has 1 aromatic rings. The smallest absolute Gasteiger partial charge is 0.312 e. The van der Waals surface area contributed by atoms with Crippen LogP contribution in [0.5, 0.6) is 0 Å². The summed E-state index contributed by atoms with van der Waals surface area (Å²) in [6.07, 6.45) is -5.02. The maximum absolute atomic E-state index is 13.5. The average Bonchev–Trinajstić information content (AvgIpc) is 3.02. The maximum atomic E-state index is 13.5. The minimum Gasteiger partial charge on any atom is -0.312 e. The van der Waals surface area contributed by atoms with Crippen LogP contribution in [0.15, 0.2) is 35.3 Å². The standard InChI is InChI=1S/C13H10F3N3O2S/c14-13(15,16)12(10(21)19-6-7-22-11(19)18-12)17-9(20)8-4-2-1-3-5-8/h1-5H,6-7H2,(H,17,20)/t12-/m0/s1. The summed E-state index contributed by atoms with van der Waals surface area (Å²) in [6, 6.07) is 7.39. The van der Waals surface area contributed by atoms with Crippen molar-refractivity contribution in [3.8, 4) is 0 Å². The van der Waals surface area contributed by atoms with E-state index < -0.39 is 23.7 Å². The largest absolute Gasteiger partial charge is 0.442 e. The van der Waals surface area contributed by atoms with Crippen LogP contribution >= 0.6 is 11.8 Å². The Morgan fingerprint density at radius 2 is 2.00 bits per heavy atom. The van der Waals surface area contributed by atoms with Crippen LogP contribution < -0.4 is 5.32 Å². The number of hydrogen-bond acceptors (Lipinski definition) is 4. The first-order valence-corrected chi connectivity index (χ1v) is 7.32. The zero-order valence-electron chi connectivity index (χ0n) is 11.1. The molecular formula is C13H10F3N3O2S. The van der Waals surface area contributed by atoms with E-state index in [9.17, 15) is 22.8 Å². The molecule has 22 heavy (non-hydrogen) atoms. The molecule has 116 valence electrons. The van der Waals surface area contributed by atoms with E-state index in [1.807, 2.05) is 0 Å². The second-order valence-corrected chi connectivity index (χ2v) is 5.79. The van der Waals surface area contributed by atoms with Crippen LogP contribution in [0.25, 0.3) is 0 Å². The average molecular weight is 329 g/mol. The van der Waals surface area contributed by atoms with E-state index in [-0.39, 0.29) is 17.3 Å².